The molecule has 1 aliphatic heterocycles. The van der Waals surface area contributed by atoms with Crippen molar-refractivity contribution in [1.82, 2.24) is 0 Å². The number of rotatable bonds is 2. The van der Waals surface area contributed by atoms with Crippen molar-refractivity contribution < 1.29 is 8.83 Å². The van der Waals surface area contributed by atoms with Crippen LogP contribution >= 0.6 is 0 Å². The molecule has 3 rings (SSSR count). The summed E-state index contributed by atoms with van der Waals surface area (Å²) >= 11 is 0. The van der Waals surface area contributed by atoms with Gasteiger partial charge in [0.1, 0.15) is 0 Å². The minimum absolute atomic E-state index is 0.319. The van der Waals surface area contributed by atoms with Gasteiger partial charge >= 0.3 is 0 Å². The number of allylic oxidation sites excluding steroid dienone is 1. The maximum Gasteiger partial charge on any atom is 0.0950 e. The molecule has 2 aromatic rings. The van der Waals surface area contributed by atoms with Crippen molar-refractivity contribution >= 4 is 6.21 Å². The van der Waals surface area contributed by atoms with E-state index in [2.05, 4.69) is 4.99 Å². The monoisotopic (exact) mass is 199 g/mol. The van der Waals surface area contributed by atoms with Crippen LogP contribution in [0.1, 0.15) is 11.1 Å². The van der Waals surface area contributed by atoms with Crippen LogP contribution in [-0.2, 0) is 5.41 Å². The van der Waals surface area contributed by atoms with E-state index in [1.54, 1.807) is 31.3 Å². The predicted molar refractivity (Wildman–Crippen MR) is 55.8 cm³/mol. The molecule has 0 saturated heterocycles. The molecule has 0 atom stereocenters. The second-order valence-corrected chi connectivity index (χ2v) is 3.49. The Morgan fingerprint density at radius 3 is 2.07 bits per heavy atom. The van der Waals surface area contributed by atoms with Gasteiger partial charge in [-0.2, -0.15) is 0 Å². The molecule has 15 heavy (non-hydrogen) atoms. The molecule has 0 aromatic carbocycles. The molecule has 0 saturated carbocycles. The topological polar surface area (TPSA) is 38.6 Å². The smallest absolute Gasteiger partial charge is 0.0950 e. The highest BCUT2D eigenvalue weighted by Gasteiger charge is 2.33. The Kier molecular flexibility index (Phi) is 1.65. The quantitative estimate of drug-likeness (QED) is 0.745. The molecule has 0 radical (unpaired) electrons. The highest BCUT2D eigenvalue weighted by atomic mass is 16.3. The van der Waals surface area contributed by atoms with Crippen molar-refractivity contribution in [3.8, 4) is 0 Å². The number of aliphatic imine (C=N–C) groups is 1. The van der Waals surface area contributed by atoms with Gasteiger partial charge in [0.05, 0.1) is 30.5 Å². The van der Waals surface area contributed by atoms with Crippen LogP contribution in [0.3, 0.4) is 0 Å². The molecule has 0 amide bonds. The van der Waals surface area contributed by atoms with Gasteiger partial charge in [0.2, 0.25) is 0 Å². The van der Waals surface area contributed by atoms with Crippen LogP contribution in [-0.4, -0.2) is 6.21 Å². The maximum absolute atomic E-state index is 5.12. The fourth-order valence-electron chi connectivity index (χ4n) is 1.87. The standard InChI is InChI=1S/C12H9NO2/c1-5-14-7-10(1)12(3-4-13-9-12)11-2-6-15-8-11/h1-9H. The molecule has 0 spiro atoms. The predicted octanol–water partition coefficient (Wildman–Crippen LogP) is 2.76. The molecule has 74 valence electrons. The summed E-state index contributed by atoms with van der Waals surface area (Å²) in [6.45, 7) is 0. The molecule has 0 N–H and O–H groups in total. The lowest BCUT2D eigenvalue weighted by atomic mass is 9.79. The Hall–Kier alpha value is -2.03. The molecule has 0 bridgehead atoms. The maximum atomic E-state index is 5.12. The summed E-state index contributed by atoms with van der Waals surface area (Å²) in [5.41, 5.74) is 1.79. The van der Waals surface area contributed by atoms with E-state index >= 15 is 0 Å². The minimum Gasteiger partial charge on any atom is -0.472 e. The zero-order valence-corrected chi connectivity index (χ0v) is 7.96. The van der Waals surface area contributed by atoms with Crippen molar-refractivity contribution in [3.63, 3.8) is 0 Å². The Labute approximate surface area is 86.7 Å². The van der Waals surface area contributed by atoms with Crippen molar-refractivity contribution in [3.05, 3.63) is 60.6 Å². The van der Waals surface area contributed by atoms with Gasteiger partial charge in [0.15, 0.2) is 0 Å². The SMILES string of the molecule is C1=CC(c2ccoc2)(c2ccoc2)C=N1. The Morgan fingerprint density at radius 2 is 1.67 bits per heavy atom. The summed E-state index contributed by atoms with van der Waals surface area (Å²) in [4.78, 5) is 4.16. The van der Waals surface area contributed by atoms with E-state index in [9.17, 15) is 0 Å². The van der Waals surface area contributed by atoms with Crippen LogP contribution in [0.4, 0.5) is 0 Å². The zero-order chi connectivity index (χ0) is 10.1. The lowest BCUT2D eigenvalue weighted by Gasteiger charge is -2.20. The zero-order valence-electron chi connectivity index (χ0n) is 7.96. The lowest BCUT2D eigenvalue weighted by molar-refractivity contribution is 0.556. The van der Waals surface area contributed by atoms with E-state index in [0.29, 0.717) is 0 Å². The third kappa shape index (κ3) is 1.09. The number of nitrogens with zero attached hydrogens (tertiary/aromatic N) is 1. The molecule has 0 fully saturated rings. The Balaban J connectivity index is 2.20. The van der Waals surface area contributed by atoms with Gasteiger partial charge in [-0.25, -0.2) is 0 Å². The summed E-state index contributed by atoms with van der Waals surface area (Å²) in [7, 11) is 0. The Morgan fingerprint density at radius 1 is 1.00 bits per heavy atom. The molecule has 0 unspecified atom stereocenters. The molecular weight excluding hydrogens is 190 g/mol. The van der Waals surface area contributed by atoms with Gasteiger partial charge in [-0.05, 0) is 18.2 Å². The fourth-order valence-corrected chi connectivity index (χ4v) is 1.87. The van der Waals surface area contributed by atoms with E-state index in [-0.39, 0.29) is 5.41 Å². The molecule has 3 heteroatoms. The summed E-state index contributed by atoms with van der Waals surface area (Å²) in [5.74, 6) is 0. The third-order valence-electron chi connectivity index (χ3n) is 2.70. The van der Waals surface area contributed by atoms with Crippen LogP contribution in [0.25, 0.3) is 0 Å². The molecule has 2 aromatic heterocycles. The van der Waals surface area contributed by atoms with Crippen LogP contribution < -0.4 is 0 Å². The summed E-state index contributed by atoms with van der Waals surface area (Å²) in [6.07, 6.45) is 12.5. The van der Waals surface area contributed by atoms with Crippen molar-refractivity contribution in [2.24, 2.45) is 4.99 Å². The van der Waals surface area contributed by atoms with Gasteiger partial charge in [0.25, 0.3) is 0 Å². The van der Waals surface area contributed by atoms with Crippen molar-refractivity contribution in [2.45, 2.75) is 5.41 Å². The van der Waals surface area contributed by atoms with Crippen LogP contribution in [0.15, 0.2) is 63.3 Å². The average molecular weight is 199 g/mol. The molecule has 1 aliphatic rings. The Bertz CT molecular complexity index is 443. The normalized spacial score (nSPS) is 17.3. The summed E-state index contributed by atoms with van der Waals surface area (Å²) < 4.78 is 10.2. The highest BCUT2D eigenvalue weighted by molar-refractivity contribution is 5.84. The minimum atomic E-state index is -0.319. The first kappa shape index (κ1) is 8.29. The lowest BCUT2D eigenvalue weighted by Crippen LogP contribution is -2.23. The van der Waals surface area contributed by atoms with E-state index in [0.717, 1.165) is 11.1 Å². The number of hydrogen-bond acceptors (Lipinski definition) is 3. The largest absolute Gasteiger partial charge is 0.472 e. The van der Waals surface area contributed by atoms with E-state index in [4.69, 9.17) is 8.83 Å². The first-order valence-electron chi connectivity index (χ1n) is 4.69. The van der Waals surface area contributed by atoms with Crippen molar-refractivity contribution in [2.75, 3.05) is 0 Å². The second-order valence-electron chi connectivity index (χ2n) is 3.49. The molecular formula is C12H9NO2. The van der Waals surface area contributed by atoms with E-state index < -0.39 is 0 Å². The molecule has 0 aliphatic carbocycles. The first-order chi connectivity index (χ1) is 7.42. The third-order valence-corrected chi connectivity index (χ3v) is 2.70. The first-order valence-corrected chi connectivity index (χ1v) is 4.69. The van der Waals surface area contributed by atoms with Gasteiger partial charge < -0.3 is 8.83 Å². The second kappa shape index (κ2) is 2.98. The van der Waals surface area contributed by atoms with Gasteiger partial charge in [-0.3, -0.25) is 4.99 Å². The number of hydrogen-bond donors (Lipinski definition) is 0. The van der Waals surface area contributed by atoms with Gasteiger partial charge in [-0.1, -0.05) is 0 Å². The molecule has 3 heterocycles. The highest BCUT2D eigenvalue weighted by Crippen LogP contribution is 2.35. The number of furan rings is 2. The summed E-state index contributed by atoms with van der Waals surface area (Å²) in [5, 5.41) is 0. The van der Waals surface area contributed by atoms with Crippen LogP contribution in [0.2, 0.25) is 0 Å². The average Bonchev–Trinajstić information content (AvgIpc) is 3.02. The van der Waals surface area contributed by atoms with Gasteiger partial charge in [-0.15, -0.1) is 0 Å². The van der Waals surface area contributed by atoms with E-state index in [1.807, 2.05) is 24.4 Å². The molecule has 3 nitrogen and oxygen atoms in total. The van der Waals surface area contributed by atoms with Gasteiger partial charge in [0, 0.05) is 23.5 Å². The van der Waals surface area contributed by atoms with Crippen LogP contribution in [0, 0.1) is 0 Å². The fraction of sp³-hybridized carbons (Fsp3) is 0.0833. The van der Waals surface area contributed by atoms with E-state index in [1.165, 1.54) is 0 Å². The summed E-state index contributed by atoms with van der Waals surface area (Å²) in [6, 6.07) is 3.88. The van der Waals surface area contributed by atoms with Crippen LogP contribution in [0.5, 0.6) is 0 Å². The van der Waals surface area contributed by atoms with Crippen molar-refractivity contribution in [1.29, 1.82) is 0 Å².